The zero-order chi connectivity index (χ0) is 14.4. The highest BCUT2D eigenvalue weighted by atomic mass is 32.2. The van der Waals surface area contributed by atoms with Gasteiger partial charge in [-0.05, 0) is 44.0 Å². The molecule has 0 spiro atoms. The lowest BCUT2D eigenvalue weighted by molar-refractivity contribution is 0.315. The summed E-state index contributed by atoms with van der Waals surface area (Å²) in [6.45, 7) is 2.57. The smallest absolute Gasteiger partial charge is 0.214 e. The van der Waals surface area contributed by atoms with Crippen LogP contribution in [-0.4, -0.2) is 50.1 Å². The van der Waals surface area contributed by atoms with Crippen LogP contribution in [0, 0.1) is 5.92 Å². The number of sulfonamides is 1. The van der Waals surface area contributed by atoms with Gasteiger partial charge >= 0.3 is 0 Å². The Balaban J connectivity index is 1.85. The van der Waals surface area contributed by atoms with Crippen molar-refractivity contribution in [2.24, 2.45) is 5.92 Å². The molecule has 1 aliphatic heterocycles. The van der Waals surface area contributed by atoms with Crippen LogP contribution in [0.15, 0.2) is 24.4 Å². The third-order valence-electron chi connectivity index (χ3n) is 3.73. The summed E-state index contributed by atoms with van der Waals surface area (Å²) in [5, 5.41) is 3.32. The highest BCUT2D eigenvalue weighted by Gasteiger charge is 2.22. The zero-order valence-electron chi connectivity index (χ0n) is 12.0. The van der Waals surface area contributed by atoms with Crippen LogP contribution in [0.25, 0.3) is 0 Å². The third-order valence-corrected chi connectivity index (χ3v) is 5.55. The average Bonchev–Trinajstić information content (AvgIpc) is 2.47. The summed E-state index contributed by atoms with van der Waals surface area (Å²) >= 11 is 0. The van der Waals surface area contributed by atoms with Crippen LogP contribution in [0.5, 0.6) is 0 Å². The first-order valence-electron chi connectivity index (χ1n) is 7.12. The van der Waals surface area contributed by atoms with Crippen LogP contribution in [0.2, 0.25) is 0 Å². The number of rotatable bonds is 6. The molecule has 2 rings (SSSR count). The maximum absolute atomic E-state index is 12.3. The molecule has 1 unspecified atom stereocenters. The van der Waals surface area contributed by atoms with Crippen molar-refractivity contribution in [3.05, 3.63) is 30.1 Å². The summed E-state index contributed by atoms with van der Waals surface area (Å²) < 4.78 is 26.0. The molecule has 1 fully saturated rings. The summed E-state index contributed by atoms with van der Waals surface area (Å²) in [7, 11) is -1.51. The number of piperidine rings is 1. The predicted molar refractivity (Wildman–Crippen MR) is 80.0 cm³/mol. The molecule has 0 aromatic carbocycles. The minimum atomic E-state index is -3.19. The largest absolute Gasteiger partial charge is 0.316 e. The monoisotopic (exact) mass is 297 g/mol. The molecular formula is C14H23N3O2S. The number of nitrogens with zero attached hydrogens (tertiary/aromatic N) is 2. The average molecular weight is 297 g/mol. The van der Waals surface area contributed by atoms with Gasteiger partial charge in [-0.2, -0.15) is 0 Å². The Morgan fingerprint density at radius 2 is 2.30 bits per heavy atom. The maximum atomic E-state index is 12.3. The summed E-state index contributed by atoms with van der Waals surface area (Å²) in [4.78, 5) is 4.16. The summed E-state index contributed by atoms with van der Waals surface area (Å²) in [5.41, 5.74) is 0.823. The number of aryl methyl sites for hydroxylation is 1. The fraction of sp³-hybridized carbons (Fsp3) is 0.643. The Labute approximate surface area is 121 Å². The molecule has 1 aromatic rings. The molecule has 6 heteroatoms. The third kappa shape index (κ3) is 4.54. The molecule has 2 heterocycles. The van der Waals surface area contributed by atoms with E-state index in [4.69, 9.17) is 0 Å². The van der Waals surface area contributed by atoms with Crippen LogP contribution in [0.4, 0.5) is 0 Å². The Hall–Kier alpha value is -0.980. The molecule has 1 atom stereocenters. The van der Waals surface area contributed by atoms with Crippen molar-refractivity contribution < 1.29 is 8.42 Å². The topological polar surface area (TPSA) is 62.3 Å². The molecule has 0 radical (unpaired) electrons. The van der Waals surface area contributed by atoms with Gasteiger partial charge in [0.15, 0.2) is 0 Å². The van der Waals surface area contributed by atoms with Crippen molar-refractivity contribution in [1.29, 1.82) is 0 Å². The molecule has 0 bridgehead atoms. The predicted octanol–water partition coefficient (Wildman–Crippen LogP) is 0.885. The van der Waals surface area contributed by atoms with Crippen molar-refractivity contribution in [2.45, 2.75) is 19.3 Å². The lowest BCUT2D eigenvalue weighted by Gasteiger charge is -2.27. The molecule has 0 saturated carbocycles. The molecule has 0 amide bonds. The van der Waals surface area contributed by atoms with E-state index in [9.17, 15) is 8.42 Å². The van der Waals surface area contributed by atoms with Gasteiger partial charge in [0.25, 0.3) is 0 Å². The molecule has 1 saturated heterocycles. The molecular weight excluding hydrogens is 274 g/mol. The number of pyridine rings is 1. The van der Waals surface area contributed by atoms with Gasteiger partial charge in [0.2, 0.25) is 10.0 Å². The first-order chi connectivity index (χ1) is 9.58. The minimum absolute atomic E-state index is 0.126. The quantitative estimate of drug-likeness (QED) is 0.847. The van der Waals surface area contributed by atoms with Crippen molar-refractivity contribution in [3.63, 3.8) is 0 Å². The van der Waals surface area contributed by atoms with Gasteiger partial charge in [-0.1, -0.05) is 6.07 Å². The highest BCUT2D eigenvalue weighted by Crippen LogP contribution is 2.13. The van der Waals surface area contributed by atoms with Crippen molar-refractivity contribution in [3.8, 4) is 0 Å². The Morgan fingerprint density at radius 1 is 1.45 bits per heavy atom. The van der Waals surface area contributed by atoms with Gasteiger partial charge in [0.05, 0.1) is 5.75 Å². The number of hydrogen-bond donors (Lipinski definition) is 1. The molecule has 1 N–H and O–H groups in total. The molecule has 1 aromatic heterocycles. The Kier molecular flexibility index (Phi) is 5.51. The standard InChI is InChI=1S/C14H23N3O2S/c1-17(12-13-5-4-8-15-11-13)20(18,19)10-7-14-6-2-3-9-16-14/h2-3,6,9,13,15H,4-5,7-8,10-12H2,1H3. The zero-order valence-corrected chi connectivity index (χ0v) is 12.8. The van der Waals surface area contributed by atoms with Crippen LogP contribution in [0.3, 0.4) is 0 Å². The van der Waals surface area contributed by atoms with Crippen LogP contribution in [-0.2, 0) is 16.4 Å². The van der Waals surface area contributed by atoms with E-state index in [1.165, 1.54) is 4.31 Å². The van der Waals surface area contributed by atoms with E-state index in [0.717, 1.165) is 31.6 Å². The SMILES string of the molecule is CN(CC1CCCNC1)S(=O)(=O)CCc1ccccn1. The summed E-state index contributed by atoms with van der Waals surface area (Å²) in [6.07, 6.45) is 4.40. The molecule has 5 nitrogen and oxygen atoms in total. The first-order valence-corrected chi connectivity index (χ1v) is 8.73. The van der Waals surface area contributed by atoms with E-state index in [0.29, 0.717) is 18.9 Å². The van der Waals surface area contributed by atoms with E-state index < -0.39 is 10.0 Å². The van der Waals surface area contributed by atoms with E-state index >= 15 is 0 Å². The number of hydrogen-bond acceptors (Lipinski definition) is 4. The fourth-order valence-electron chi connectivity index (χ4n) is 2.49. The minimum Gasteiger partial charge on any atom is -0.316 e. The maximum Gasteiger partial charge on any atom is 0.214 e. The van der Waals surface area contributed by atoms with Crippen molar-refractivity contribution in [2.75, 3.05) is 32.4 Å². The van der Waals surface area contributed by atoms with E-state index in [1.807, 2.05) is 18.2 Å². The molecule has 20 heavy (non-hydrogen) atoms. The molecule has 1 aliphatic rings. The van der Waals surface area contributed by atoms with Crippen LogP contribution in [0.1, 0.15) is 18.5 Å². The first kappa shape index (κ1) is 15.4. The molecule has 0 aliphatic carbocycles. The fourth-order valence-corrected chi connectivity index (χ4v) is 3.71. The Morgan fingerprint density at radius 3 is 2.95 bits per heavy atom. The lowest BCUT2D eigenvalue weighted by atomic mass is 10.00. The van der Waals surface area contributed by atoms with Crippen LogP contribution < -0.4 is 5.32 Å². The van der Waals surface area contributed by atoms with Crippen LogP contribution >= 0.6 is 0 Å². The summed E-state index contributed by atoms with van der Waals surface area (Å²) in [6, 6.07) is 5.58. The van der Waals surface area contributed by atoms with Crippen molar-refractivity contribution >= 4 is 10.0 Å². The second-order valence-electron chi connectivity index (χ2n) is 5.38. The van der Waals surface area contributed by atoms with Gasteiger partial charge in [-0.15, -0.1) is 0 Å². The van der Waals surface area contributed by atoms with Gasteiger partial charge < -0.3 is 5.32 Å². The Bertz CT molecular complexity index is 498. The van der Waals surface area contributed by atoms with E-state index in [2.05, 4.69) is 10.3 Å². The van der Waals surface area contributed by atoms with Gasteiger partial charge in [0, 0.05) is 31.9 Å². The normalized spacial score (nSPS) is 20.2. The lowest BCUT2D eigenvalue weighted by Crippen LogP contribution is -2.40. The summed E-state index contributed by atoms with van der Waals surface area (Å²) in [5.74, 6) is 0.555. The molecule has 112 valence electrons. The number of nitrogens with one attached hydrogen (secondary N) is 1. The number of aromatic nitrogens is 1. The van der Waals surface area contributed by atoms with Crippen molar-refractivity contribution in [1.82, 2.24) is 14.6 Å². The second kappa shape index (κ2) is 7.15. The second-order valence-corrected chi connectivity index (χ2v) is 7.58. The van der Waals surface area contributed by atoms with Gasteiger partial charge in [0.1, 0.15) is 0 Å². The highest BCUT2D eigenvalue weighted by molar-refractivity contribution is 7.89. The van der Waals surface area contributed by atoms with Gasteiger partial charge in [-0.25, -0.2) is 12.7 Å². The van der Waals surface area contributed by atoms with Gasteiger partial charge in [-0.3, -0.25) is 4.98 Å². The van der Waals surface area contributed by atoms with E-state index in [1.54, 1.807) is 13.2 Å². The van der Waals surface area contributed by atoms with E-state index in [-0.39, 0.29) is 5.75 Å².